The van der Waals surface area contributed by atoms with E-state index < -0.39 is 5.82 Å². The monoisotopic (exact) mass is 351 g/mol. The summed E-state index contributed by atoms with van der Waals surface area (Å²) in [6.45, 7) is 2.04. The molecule has 0 saturated carbocycles. The lowest BCUT2D eigenvalue weighted by atomic mass is 10.2. The van der Waals surface area contributed by atoms with Gasteiger partial charge in [0.15, 0.2) is 11.6 Å². The number of carbonyl (C=O) groups excluding carboxylic acids is 1. The van der Waals surface area contributed by atoms with Crippen LogP contribution in [-0.2, 0) is 4.79 Å². The summed E-state index contributed by atoms with van der Waals surface area (Å²) in [5.41, 5.74) is 1.72. The Balaban J connectivity index is 1.84. The third-order valence-electron chi connectivity index (χ3n) is 2.89. The van der Waals surface area contributed by atoms with E-state index in [1.807, 2.05) is 25.1 Å². The minimum atomic E-state index is -0.429. The largest absolute Gasteiger partial charge is 0.490 e. The van der Waals surface area contributed by atoms with Crippen LogP contribution in [0.15, 0.2) is 46.9 Å². The molecule has 1 amide bonds. The van der Waals surface area contributed by atoms with Gasteiger partial charge < -0.3 is 10.1 Å². The van der Waals surface area contributed by atoms with Crippen LogP contribution in [0.3, 0.4) is 0 Å². The maximum Gasteiger partial charge on any atom is 0.227 e. The number of para-hydroxylation sites is 1. The molecular formula is C16H15BrFNO2. The van der Waals surface area contributed by atoms with Gasteiger partial charge in [-0.3, -0.25) is 4.79 Å². The van der Waals surface area contributed by atoms with Crippen LogP contribution in [-0.4, -0.2) is 12.5 Å². The number of hydrogen-bond donors (Lipinski definition) is 1. The highest BCUT2D eigenvalue weighted by Gasteiger charge is 2.07. The molecule has 0 aromatic heterocycles. The molecule has 5 heteroatoms. The van der Waals surface area contributed by atoms with Crippen molar-refractivity contribution in [3.8, 4) is 5.75 Å². The Labute approximate surface area is 131 Å². The van der Waals surface area contributed by atoms with Crippen molar-refractivity contribution in [1.29, 1.82) is 0 Å². The van der Waals surface area contributed by atoms with Crippen molar-refractivity contribution in [2.45, 2.75) is 13.3 Å². The molecule has 21 heavy (non-hydrogen) atoms. The van der Waals surface area contributed by atoms with Crippen molar-refractivity contribution < 1.29 is 13.9 Å². The highest BCUT2D eigenvalue weighted by atomic mass is 79.9. The van der Waals surface area contributed by atoms with Gasteiger partial charge in [0.05, 0.1) is 13.0 Å². The van der Waals surface area contributed by atoms with E-state index in [2.05, 4.69) is 21.2 Å². The second-order valence-electron chi connectivity index (χ2n) is 4.54. The molecule has 0 fully saturated rings. The third-order valence-corrected chi connectivity index (χ3v) is 3.38. The molecule has 0 atom stereocenters. The number of nitrogens with one attached hydrogen (secondary N) is 1. The molecule has 0 heterocycles. The van der Waals surface area contributed by atoms with E-state index in [1.54, 1.807) is 12.1 Å². The molecule has 0 aliphatic carbocycles. The maximum absolute atomic E-state index is 13.3. The number of rotatable bonds is 5. The second-order valence-corrected chi connectivity index (χ2v) is 5.45. The number of amides is 1. The number of hydrogen-bond acceptors (Lipinski definition) is 2. The molecule has 110 valence electrons. The van der Waals surface area contributed by atoms with Crippen LogP contribution in [0.5, 0.6) is 5.75 Å². The zero-order valence-corrected chi connectivity index (χ0v) is 13.1. The highest BCUT2D eigenvalue weighted by Crippen LogP contribution is 2.20. The average Bonchev–Trinajstić information content (AvgIpc) is 2.44. The van der Waals surface area contributed by atoms with Crippen molar-refractivity contribution >= 4 is 27.5 Å². The van der Waals surface area contributed by atoms with E-state index in [4.69, 9.17) is 4.74 Å². The molecular weight excluding hydrogens is 337 g/mol. The fourth-order valence-corrected chi connectivity index (χ4v) is 2.27. The minimum Gasteiger partial charge on any atom is -0.490 e. The molecule has 0 spiro atoms. The molecule has 0 bridgehead atoms. The first-order valence-electron chi connectivity index (χ1n) is 6.49. The summed E-state index contributed by atoms with van der Waals surface area (Å²) in [4.78, 5) is 11.8. The highest BCUT2D eigenvalue weighted by molar-refractivity contribution is 9.10. The molecule has 0 radical (unpaired) electrons. The van der Waals surface area contributed by atoms with E-state index in [-0.39, 0.29) is 24.7 Å². The summed E-state index contributed by atoms with van der Waals surface area (Å²) in [6.07, 6.45) is 0.157. The zero-order valence-electron chi connectivity index (χ0n) is 11.5. The van der Waals surface area contributed by atoms with Gasteiger partial charge in [-0.05, 0) is 42.8 Å². The van der Waals surface area contributed by atoms with Crippen molar-refractivity contribution in [3.63, 3.8) is 0 Å². The molecule has 1 N–H and O–H groups in total. The van der Waals surface area contributed by atoms with Crippen molar-refractivity contribution in [2.75, 3.05) is 11.9 Å². The normalized spacial score (nSPS) is 10.2. The molecule has 2 aromatic rings. The lowest BCUT2D eigenvalue weighted by Gasteiger charge is -2.10. The smallest absolute Gasteiger partial charge is 0.227 e. The first-order chi connectivity index (χ1) is 10.1. The van der Waals surface area contributed by atoms with Gasteiger partial charge >= 0.3 is 0 Å². The van der Waals surface area contributed by atoms with Crippen LogP contribution in [0.4, 0.5) is 10.1 Å². The van der Waals surface area contributed by atoms with Gasteiger partial charge in [-0.15, -0.1) is 0 Å². The van der Waals surface area contributed by atoms with Gasteiger partial charge in [0, 0.05) is 10.2 Å². The van der Waals surface area contributed by atoms with Crippen molar-refractivity contribution in [3.05, 3.63) is 58.3 Å². The second kappa shape index (κ2) is 7.22. The van der Waals surface area contributed by atoms with E-state index in [0.29, 0.717) is 0 Å². The summed E-state index contributed by atoms with van der Waals surface area (Å²) in [5.74, 6) is -0.441. The van der Waals surface area contributed by atoms with Gasteiger partial charge in [0.25, 0.3) is 0 Å². The Bertz CT molecular complexity index is 646. The Morgan fingerprint density at radius 1 is 1.29 bits per heavy atom. The molecule has 2 rings (SSSR count). The van der Waals surface area contributed by atoms with Gasteiger partial charge in [-0.2, -0.15) is 0 Å². The summed E-state index contributed by atoms with van der Waals surface area (Å²) >= 11 is 3.37. The fraction of sp³-hybridized carbons (Fsp3) is 0.188. The number of benzene rings is 2. The standard InChI is InChI=1S/C16H15BrFNO2/c1-11-10-12(17)6-7-14(11)19-16(20)8-9-21-15-5-3-2-4-13(15)18/h2-7,10H,8-9H2,1H3,(H,19,20). The Morgan fingerprint density at radius 2 is 2.05 bits per heavy atom. The Kier molecular flexibility index (Phi) is 5.33. The number of anilines is 1. The van der Waals surface area contributed by atoms with Crippen LogP contribution >= 0.6 is 15.9 Å². The number of carbonyl (C=O) groups is 1. The van der Waals surface area contributed by atoms with E-state index >= 15 is 0 Å². The van der Waals surface area contributed by atoms with E-state index in [0.717, 1.165) is 15.7 Å². The summed E-state index contributed by atoms with van der Waals surface area (Å²) < 4.78 is 19.5. The maximum atomic E-state index is 13.3. The Hall–Kier alpha value is -1.88. The van der Waals surface area contributed by atoms with E-state index in [9.17, 15) is 9.18 Å². The first kappa shape index (κ1) is 15.5. The quantitative estimate of drug-likeness (QED) is 0.871. The topological polar surface area (TPSA) is 38.3 Å². The van der Waals surface area contributed by atoms with E-state index in [1.165, 1.54) is 12.1 Å². The van der Waals surface area contributed by atoms with Gasteiger partial charge in [-0.1, -0.05) is 28.1 Å². The molecule has 3 nitrogen and oxygen atoms in total. The van der Waals surface area contributed by atoms with Crippen LogP contribution in [0.25, 0.3) is 0 Å². The minimum absolute atomic E-state index is 0.127. The molecule has 0 unspecified atom stereocenters. The molecule has 0 aliphatic heterocycles. The Morgan fingerprint density at radius 3 is 2.76 bits per heavy atom. The SMILES string of the molecule is Cc1cc(Br)ccc1NC(=O)CCOc1ccccc1F. The van der Waals surface area contributed by atoms with Crippen LogP contribution in [0.1, 0.15) is 12.0 Å². The zero-order chi connectivity index (χ0) is 15.2. The van der Waals surface area contributed by atoms with Crippen LogP contribution in [0, 0.1) is 12.7 Å². The third kappa shape index (κ3) is 4.56. The number of ether oxygens (including phenoxy) is 1. The first-order valence-corrected chi connectivity index (χ1v) is 7.29. The fourth-order valence-electron chi connectivity index (χ4n) is 1.80. The molecule has 2 aromatic carbocycles. The van der Waals surface area contributed by atoms with Gasteiger partial charge in [0.1, 0.15) is 0 Å². The van der Waals surface area contributed by atoms with Gasteiger partial charge in [0.2, 0.25) is 5.91 Å². The van der Waals surface area contributed by atoms with Crippen molar-refractivity contribution in [1.82, 2.24) is 0 Å². The predicted molar refractivity (Wildman–Crippen MR) is 84.0 cm³/mol. The number of halogens is 2. The van der Waals surface area contributed by atoms with Gasteiger partial charge in [-0.25, -0.2) is 4.39 Å². The molecule has 0 saturated heterocycles. The average molecular weight is 352 g/mol. The summed E-state index contributed by atoms with van der Waals surface area (Å²) in [6, 6.07) is 11.7. The summed E-state index contributed by atoms with van der Waals surface area (Å²) in [7, 11) is 0. The number of aryl methyl sites for hydroxylation is 1. The lowest BCUT2D eigenvalue weighted by molar-refractivity contribution is -0.116. The van der Waals surface area contributed by atoms with Crippen LogP contribution < -0.4 is 10.1 Å². The summed E-state index contributed by atoms with van der Waals surface area (Å²) in [5, 5.41) is 2.80. The molecule has 0 aliphatic rings. The lowest BCUT2D eigenvalue weighted by Crippen LogP contribution is -2.16. The van der Waals surface area contributed by atoms with Crippen molar-refractivity contribution in [2.24, 2.45) is 0 Å². The predicted octanol–water partition coefficient (Wildman–Crippen LogP) is 4.30. The van der Waals surface area contributed by atoms with Crippen LogP contribution in [0.2, 0.25) is 0 Å².